The van der Waals surface area contributed by atoms with Crippen LogP contribution in [0.4, 0.5) is 0 Å². The fraction of sp³-hybridized carbons (Fsp3) is 0.824. The molecule has 0 aliphatic carbocycles. The summed E-state index contributed by atoms with van der Waals surface area (Å²) in [5, 5.41) is 8.08. The molecule has 1 aromatic heterocycles. The Labute approximate surface area is 140 Å². The second kappa shape index (κ2) is 8.13. The van der Waals surface area contributed by atoms with Gasteiger partial charge in [0.25, 0.3) is 0 Å². The van der Waals surface area contributed by atoms with Gasteiger partial charge < -0.3 is 15.0 Å². The van der Waals surface area contributed by atoms with E-state index >= 15 is 0 Å². The van der Waals surface area contributed by atoms with Crippen LogP contribution < -0.4 is 10.1 Å². The summed E-state index contributed by atoms with van der Waals surface area (Å²) in [5.41, 5.74) is 2.20. The van der Waals surface area contributed by atoms with Gasteiger partial charge in [-0.15, -0.1) is 0 Å². The summed E-state index contributed by atoms with van der Waals surface area (Å²) < 4.78 is 7.29. The molecule has 1 aliphatic rings. The van der Waals surface area contributed by atoms with Crippen molar-refractivity contribution in [3.8, 4) is 5.88 Å². The number of nitrogens with zero attached hydrogens (tertiary/aromatic N) is 4. The van der Waals surface area contributed by atoms with Crippen LogP contribution in [0.5, 0.6) is 5.88 Å². The third-order valence-electron chi connectivity index (χ3n) is 4.91. The average molecular weight is 323 g/mol. The number of piperazine rings is 1. The van der Waals surface area contributed by atoms with Crippen LogP contribution in [0.15, 0.2) is 0 Å². The van der Waals surface area contributed by atoms with E-state index in [-0.39, 0.29) is 0 Å². The second-order valence-corrected chi connectivity index (χ2v) is 6.98. The number of ether oxygens (including phenoxy) is 1. The van der Waals surface area contributed by atoms with Gasteiger partial charge in [-0.1, -0.05) is 13.8 Å². The number of rotatable bonds is 7. The van der Waals surface area contributed by atoms with Crippen molar-refractivity contribution in [1.82, 2.24) is 24.9 Å². The van der Waals surface area contributed by atoms with E-state index in [0.717, 1.165) is 43.3 Å². The number of methoxy groups -OCH3 is 1. The summed E-state index contributed by atoms with van der Waals surface area (Å²) in [4.78, 5) is 5.04. The highest BCUT2D eigenvalue weighted by Gasteiger charge is 2.25. The molecule has 0 amide bonds. The summed E-state index contributed by atoms with van der Waals surface area (Å²) in [7, 11) is 5.84. The molecule has 0 unspecified atom stereocenters. The molecular weight excluding hydrogens is 290 g/mol. The van der Waals surface area contributed by atoms with Crippen molar-refractivity contribution in [2.45, 2.75) is 33.4 Å². The molecule has 132 valence electrons. The number of hydrogen-bond donors (Lipinski definition) is 1. The maximum atomic E-state index is 5.47. The van der Waals surface area contributed by atoms with E-state index in [1.807, 2.05) is 18.7 Å². The maximum absolute atomic E-state index is 5.47. The standard InChI is InChI=1S/C17H33N5O/c1-13(2)16(22-9-7-20(4)8-10-22)12-18-11-15-14(3)19-21(5)17(15)23-6/h13,16,18H,7-12H2,1-6H3/t16-/m1/s1. The van der Waals surface area contributed by atoms with Crippen molar-refractivity contribution >= 4 is 0 Å². The van der Waals surface area contributed by atoms with Gasteiger partial charge in [0.15, 0.2) is 0 Å². The molecule has 1 N–H and O–H groups in total. The zero-order chi connectivity index (χ0) is 17.0. The first-order valence-electron chi connectivity index (χ1n) is 8.63. The maximum Gasteiger partial charge on any atom is 0.216 e. The van der Waals surface area contributed by atoms with Gasteiger partial charge in [-0.25, -0.2) is 4.68 Å². The van der Waals surface area contributed by atoms with Crippen molar-refractivity contribution in [2.75, 3.05) is 46.9 Å². The fourth-order valence-corrected chi connectivity index (χ4v) is 3.42. The Morgan fingerprint density at radius 2 is 1.83 bits per heavy atom. The Morgan fingerprint density at radius 1 is 1.17 bits per heavy atom. The molecule has 2 heterocycles. The molecule has 0 radical (unpaired) electrons. The third-order valence-corrected chi connectivity index (χ3v) is 4.91. The van der Waals surface area contributed by atoms with Crippen LogP contribution in [0, 0.1) is 12.8 Å². The number of hydrogen-bond acceptors (Lipinski definition) is 5. The van der Waals surface area contributed by atoms with Gasteiger partial charge in [0.1, 0.15) is 0 Å². The fourth-order valence-electron chi connectivity index (χ4n) is 3.42. The summed E-state index contributed by atoms with van der Waals surface area (Å²) in [6.07, 6.45) is 0. The molecule has 1 atom stereocenters. The largest absolute Gasteiger partial charge is 0.481 e. The Kier molecular flexibility index (Phi) is 6.44. The lowest BCUT2D eigenvalue weighted by molar-refractivity contribution is 0.0875. The topological polar surface area (TPSA) is 45.6 Å². The molecular formula is C17H33N5O. The first-order chi connectivity index (χ1) is 10.9. The molecule has 0 spiro atoms. The molecule has 1 saturated heterocycles. The molecule has 23 heavy (non-hydrogen) atoms. The molecule has 0 aromatic carbocycles. The van der Waals surface area contributed by atoms with E-state index in [4.69, 9.17) is 4.74 Å². The van der Waals surface area contributed by atoms with Gasteiger partial charge in [0, 0.05) is 52.4 Å². The third kappa shape index (κ3) is 4.46. The van der Waals surface area contributed by atoms with Crippen molar-refractivity contribution in [3.63, 3.8) is 0 Å². The first-order valence-corrected chi connectivity index (χ1v) is 8.63. The van der Waals surface area contributed by atoms with E-state index in [1.165, 1.54) is 13.1 Å². The molecule has 6 heteroatoms. The highest BCUT2D eigenvalue weighted by atomic mass is 16.5. The number of nitrogens with one attached hydrogen (secondary N) is 1. The van der Waals surface area contributed by atoms with Crippen molar-refractivity contribution < 1.29 is 4.74 Å². The van der Waals surface area contributed by atoms with Gasteiger partial charge >= 0.3 is 0 Å². The van der Waals surface area contributed by atoms with Crippen molar-refractivity contribution in [3.05, 3.63) is 11.3 Å². The Bertz CT molecular complexity index is 491. The monoisotopic (exact) mass is 323 g/mol. The van der Waals surface area contributed by atoms with Gasteiger partial charge in [0.05, 0.1) is 18.4 Å². The quantitative estimate of drug-likeness (QED) is 0.814. The Morgan fingerprint density at radius 3 is 2.39 bits per heavy atom. The van der Waals surface area contributed by atoms with E-state index < -0.39 is 0 Å². The minimum atomic E-state index is 0.576. The summed E-state index contributed by atoms with van der Waals surface area (Å²) in [6.45, 7) is 13.1. The number of aryl methyl sites for hydroxylation is 2. The molecule has 2 rings (SSSR count). The molecule has 1 aliphatic heterocycles. The predicted octanol–water partition coefficient (Wildman–Crippen LogP) is 1.10. The van der Waals surface area contributed by atoms with Crippen molar-refractivity contribution in [2.24, 2.45) is 13.0 Å². The smallest absolute Gasteiger partial charge is 0.216 e. The molecule has 0 bridgehead atoms. The van der Waals surface area contributed by atoms with Gasteiger partial charge in [0.2, 0.25) is 5.88 Å². The van der Waals surface area contributed by atoms with Crippen LogP contribution in [0.3, 0.4) is 0 Å². The lowest BCUT2D eigenvalue weighted by Crippen LogP contribution is -2.53. The van der Waals surface area contributed by atoms with Crippen LogP contribution in [-0.4, -0.2) is 72.5 Å². The van der Waals surface area contributed by atoms with Crippen LogP contribution >= 0.6 is 0 Å². The van der Waals surface area contributed by atoms with E-state index in [1.54, 1.807) is 7.11 Å². The van der Waals surface area contributed by atoms with Crippen LogP contribution in [0.2, 0.25) is 0 Å². The van der Waals surface area contributed by atoms with Gasteiger partial charge in [-0.05, 0) is 19.9 Å². The Hall–Kier alpha value is -1.11. The van der Waals surface area contributed by atoms with Crippen LogP contribution in [0.1, 0.15) is 25.1 Å². The van der Waals surface area contributed by atoms with Crippen LogP contribution in [0.25, 0.3) is 0 Å². The van der Waals surface area contributed by atoms with E-state index in [9.17, 15) is 0 Å². The number of aromatic nitrogens is 2. The summed E-state index contributed by atoms with van der Waals surface area (Å²) in [6, 6.07) is 0.576. The average Bonchev–Trinajstić information content (AvgIpc) is 2.78. The van der Waals surface area contributed by atoms with Gasteiger partial charge in [-0.2, -0.15) is 5.10 Å². The highest BCUT2D eigenvalue weighted by Crippen LogP contribution is 2.21. The molecule has 6 nitrogen and oxygen atoms in total. The summed E-state index contributed by atoms with van der Waals surface area (Å²) in [5.74, 6) is 1.50. The Balaban J connectivity index is 1.92. The summed E-state index contributed by atoms with van der Waals surface area (Å²) >= 11 is 0. The molecule has 1 aromatic rings. The minimum Gasteiger partial charge on any atom is -0.481 e. The lowest BCUT2D eigenvalue weighted by atomic mass is 10.0. The number of likely N-dealkylation sites (N-methyl/N-ethyl adjacent to an activating group) is 1. The van der Waals surface area contributed by atoms with Crippen molar-refractivity contribution in [1.29, 1.82) is 0 Å². The van der Waals surface area contributed by atoms with Gasteiger partial charge in [-0.3, -0.25) is 4.90 Å². The van der Waals surface area contributed by atoms with E-state index in [2.05, 4.69) is 41.1 Å². The SMILES string of the molecule is COc1c(CNC[C@H](C(C)C)N2CCN(C)CC2)c(C)nn1C. The first kappa shape index (κ1) is 18.2. The molecule has 1 fully saturated rings. The van der Waals surface area contributed by atoms with Crippen LogP contribution in [-0.2, 0) is 13.6 Å². The second-order valence-electron chi connectivity index (χ2n) is 6.98. The zero-order valence-electron chi connectivity index (χ0n) is 15.6. The van der Waals surface area contributed by atoms with E-state index in [0.29, 0.717) is 12.0 Å². The zero-order valence-corrected chi connectivity index (χ0v) is 15.6. The predicted molar refractivity (Wildman–Crippen MR) is 93.9 cm³/mol. The minimum absolute atomic E-state index is 0.576. The molecule has 0 saturated carbocycles. The normalized spacial score (nSPS) is 18.6. The highest BCUT2D eigenvalue weighted by molar-refractivity contribution is 5.30. The lowest BCUT2D eigenvalue weighted by Gasteiger charge is -2.40.